The van der Waals surface area contributed by atoms with E-state index in [1.807, 2.05) is 31.4 Å². The van der Waals surface area contributed by atoms with Crippen LogP contribution in [-0.2, 0) is 4.74 Å². The van der Waals surface area contributed by atoms with Gasteiger partial charge in [-0.2, -0.15) is 0 Å². The van der Waals surface area contributed by atoms with Gasteiger partial charge in [0.1, 0.15) is 11.4 Å². The third-order valence-electron chi connectivity index (χ3n) is 5.77. The molecule has 1 unspecified atom stereocenters. The van der Waals surface area contributed by atoms with E-state index in [1.165, 1.54) is 12.4 Å². The lowest BCUT2D eigenvalue weighted by molar-refractivity contribution is 0.0172. The molecule has 0 aliphatic carbocycles. The Morgan fingerprint density at radius 2 is 2.05 bits per heavy atom. The monoisotopic (exact) mass is 502 g/mol. The Kier molecular flexibility index (Phi) is 7.67. The van der Waals surface area contributed by atoms with Crippen LogP contribution in [0.3, 0.4) is 0 Å². The van der Waals surface area contributed by atoms with Crippen molar-refractivity contribution in [2.24, 2.45) is 5.92 Å². The number of aromatic nitrogens is 4. The lowest BCUT2D eigenvalue weighted by Gasteiger charge is -2.34. The molecule has 192 valence electrons. The van der Waals surface area contributed by atoms with Gasteiger partial charge in [-0.05, 0) is 45.6 Å². The van der Waals surface area contributed by atoms with E-state index in [9.17, 15) is 9.59 Å². The zero-order valence-electron chi connectivity index (χ0n) is 21.1. The molecule has 1 fully saturated rings. The van der Waals surface area contributed by atoms with Crippen LogP contribution in [0.25, 0.3) is 10.5 Å². The molecule has 0 saturated carbocycles. The van der Waals surface area contributed by atoms with E-state index in [2.05, 4.69) is 30.4 Å². The molecule has 11 heteroatoms. The van der Waals surface area contributed by atoms with Crippen LogP contribution in [0, 0.1) is 12.5 Å². The number of carbonyl (C=O) groups is 2. The molecule has 1 aliphatic heterocycles. The minimum absolute atomic E-state index is 0.211. The summed E-state index contributed by atoms with van der Waals surface area (Å²) in [6.07, 6.45) is 10.5. The van der Waals surface area contributed by atoms with Crippen LogP contribution >= 0.6 is 0 Å². The summed E-state index contributed by atoms with van der Waals surface area (Å²) in [4.78, 5) is 41.5. The summed E-state index contributed by atoms with van der Waals surface area (Å²) in [5, 5.41) is 6.63. The maximum atomic E-state index is 12.6. The quantitative estimate of drug-likeness (QED) is 0.348. The number of nitrogens with one attached hydrogen (secondary N) is 2. The number of nitrogens with zero attached hydrogens (tertiary/aromatic N) is 6. The van der Waals surface area contributed by atoms with Crippen LogP contribution in [-0.4, -0.2) is 62.0 Å². The van der Waals surface area contributed by atoms with Gasteiger partial charge in [-0.15, -0.1) is 4.98 Å². The Labute approximate surface area is 215 Å². The van der Waals surface area contributed by atoms with Crippen LogP contribution in [0.2, 0.25) is 0 Å². The predicted octanol–water partition coefficient (Wildman–Crippen LogP) is 4.83. The lowest BCUT2D eigenvalue weighted by atomic mass is 9.98. The number of aldehydes is 1. The second-order valence-electron chi connectivity index (χ2n) is 9.87. The van der Waals surface area contributed by atoms with E-state index in [-0.39, 0.29) is 17.8 Å². The van der Waals surface area contributed by atoms with Crippen molar-refractivity contribution in [3.05, 3.63) is 60.1 Å². The van der Waals surface area contributed by atoms with E-state index in [0.29, 0.717) is 36.8 Å². The van der Waals surface area contributed by atoms with E-state index in [4.69, 9.17) is 11.3 Å². The summed E-state index contributed by atoms with van der Waals surface area (Å²) in [7, 11) is 0. The predicted molar refractivity (Wildman–Crippen MR) is 140 cm³/mol. The lowest BCUT2D eigenvalue weighted by Crippen LogP contribution is -2.44. The molecule has 1 saturated heterocycles. The van der Waals surface area contributed by atoms with Crippen LogP contribution < -0.4 is 10.6 Å². The van der Waals surface area contributed by atoms with Crippen molar-refractivity contribution in [2.75, 3.05) is 30.3 Å². The van der Waals surface area contributed by atoms with Crippen molar-refractivity contribution in [2.45, 2.75) is 39.2 Å². The minimum Gasteiger partial charge on any atom is -0.444 e. The largest absolute Gasteiger partial charge is 0.444 e. The Balaban J connectivity index is 1.51. The smallest absolute Gasteiger partial charge is 0.410 e. The average molecular weight is 503 g/mol. The van der Waals surface area contributed by atoms with E-state index in [1.54, 1.807) is 29.6 Å². The summed E-state index contributed by atoms with van der Waals surface area (Å²) in [5.41, 5.74) is 1.59. The molecule has 1 aliphatic rings. The summed E-state index contributed by atoms with van der Waals surface area (Å²) in [6.45, 7) is 14.5. The highest BCUT2D eigenvalue weighted by molar-refractivity contribution is 5.75. The molecule has 37 heavy (non-hydrogen) atoms. The standard InChI is InChI=1S/C26H30N8O3/c1-26(2,3)37-25(36)34-8-5-6-18(15-34)11-28-20-10-22(32-24-14-30-23(27-4)13-31-24)29-12-21(20)33-9-7-19(16-33)17-35/h7,9-10,12-14,16-18H,5-6,8,11,15H2,1-3H3,(H2,28,29,31,32). The maximum Gasteiger partial charge on any atom is 0.410 e. The number of pyridine rings is 1. The number of rotatable bonds is 7. The van der Waals surface area contributed by atoms with E-state index in [0.717, 1.165) is 30.5 Å². The highest BCUT2D eigenvalue weighted by atomic mass is 16.6. The van der Waals surface area contributed by atoms with Crippen molar-refractivity contribution >= 4 is 35.5 Å². The van der Waals surface area contributed by atoms with Crippen LogP contribution in [0.5, 0.6) is 0 Å². The van der Waals surface area contributed by atoms with Gasteiger partial charge in [0.05, 0.1) is 23.8 Å². The normalized spacial score (nSPS) is 15.5. The van der Waals surface area contributed by atoms with Gasteiger partial charge in [-0.25, -0.2) is 14.8 Å². The average Bonchev–Trinajstić information content (AvgIpc) is 3.36. The minimum atomic E-state index is -0.532. The summed E-state index contributed by atoms with van der Waals surface area (Å²) < 4.78 is 7.39. The summed E-state index contributed by atoms with van der Waals surface area (Å²) >= 11 is 0. The number of hydrogen-bond donors (Lipinski definition) is 2. The third kappa shape index (κ3) is 6.82. The third-order valence-corrected chi connectivity index (χ3v) is 5.77. The van der Waals surface area contributed by atoms with Gasteiger partial charge in [0.2, 0.25) is 0 Å². The van der Waals surface area contributed by atoms with Crippen molar-refractivity contribution in [1.82, 2.24) is 24.4 Å². The second kappa shape index (κ2) is 11.1. The van der Waals surface area contributed by atoms with E-state index >= 15 is 0 Å². The summed E-state index contributed by atoms with van der Waals surface area (Å²) in [6, 6.07) is 3.59. The van der Waals surface area contributed by atoms with E-state index < -0.39 is 5.60 Å². The molecule has 1 atom stereocenters. The zero-order valence-corrected chi connectivity index (χ0v) is 21.1. The van der Waals surface area contributed by atoms with Crippen molar-refractivity contribution < 1.29 is 14.3 Å². The number of piperidine rings is 1. The fourth-order valence-corrected chi connectivity index (χ4v) is 4.05. The first-order chi connectivity index (χ1) is 17.7. The first-order valence-corrected chi connectivity index (χ1v) is 12.1. The Hall–Kier alpha value is -4.46. The molecule has 0 aromatic carbocycles. The molecule has 0 bridgehead atoms. The van der Waals surface area contributed by atoms with Gasteiger partial charge < -0.3 is 29.7 Å². The Morgan fingerprint density at radius 3 is 2.73 bits per heavy atom. The number of amides is 1. The molecule has 4 heterocycles. The molecule has 3 aromatic rings. The van der Waals surface area contributed by atoms with Gasteiger partial charge in [-0.1, -0.05) is 6.57 Å². The van der Waals surface area contributed by atoms with Crippen LogP contribution in [0.1, 0.15) is 44.0 Å². The number of carbonyl (C=O) groups excluding carboxylic acids is 2. The van der Waals surface area contributed by atoms with Crippen molar-refractivity contribution in [3.8, 4) is 5.69 Å². The van der Waals surface area contributed by atoms with Gasteiger partial charge in [0, 0.05) is 43.7 Å². The molecule has 3 aromatic heterocycles. The fourth-order valence-electron chi connectivity index (χ4n) is 4.05. The fraction of sp³-hybridized carbons (Fsp3) is 0.385. The molecular formula is C26H30N8O3. The van der Waals surface area contributed by atoms with Gasteiger partial charge >= 0.3 is 6.09 Å². The first kappa shape index (κ1) is 25.6. The number of ether oxygens (including phenoxy) is 1. The van der Waals surface area contributed by atoms with Gasteiger partial charge in [0.15, 0.2) is 18.3 Å². The number of hydrogen-bond acceptors (Lipinski definition) is 8. The van der Waals surface area contributed by atoms with Crippen LogP contribution in [0.4, 0.5) is 27.9 Å². The second-order valence-corrected chi connectivity index (χ2v) is 9.87. The maximum absolute atomic E-state index is 12.6. The topological polar surface area (TPSA) is 119 Å². The van der Waals surface area contributed by atoms with Crippen LogP contribution in [0.15, 0.2) is 43.1 Å². The zero-order chi connectivity index (χ0) is 26.4. The van der Waals surface area contributed by atoms with Crippen molar-refractivity contribution in [3.63, 3.8) is 0 Å². The molecule has 1 amide bonds. The van der Waals surface area contributed by atoms with Gasteiger partial charge in [-0.3, -0.25) is 4.79 Å². The highest BCUT2D eigenvalue weighted by Gasteiger charge is 2.27. The molecule has 0 spiro atoms. The highest BCUT2D eigenvalue weighted by Crippen LogP contribution is 2.27. The molecule has 2 N–H and O–H groups in total. The SMILES string of the molecule is [C-]#[N+]c1cnc(Nc2cc(NCC3CCCN(C(=O)OC(C)(C)C)C3)c(-n3ccc(C=O)c3)cn2)cn1. The molecule has 0 radical (unpaired) electrons. The number of anilines is 3. The first-order valence-electron chi connectivity index (χ1n) is 12.1. The summed E-state index contributed by atoms with van der Waals surface area (Å²) in [5.74, 6) is 1.45. The Morgan fingerprint density at radius 1 is 1.24 bits per heavy atom. The van der Waals surface area contributed by atoms with Crippen molar-refractivity contribution in [1.29, 1.82) is 0 Å². The molecule has 4 rings (SSSR count). The molecular weight excluding hydrogens is 472 g/mol. The van der Waals surface area contributed by atoms with Gasteiger partial charge in [0.25, 0.3) is 5.82 Å². The molecule has 11 nitrogen and oxygen atoms in total. The number of likely N-dealkylation sites (tertiary alicyclic amines) is 1. The Bertz CT molecular complexity index is 1290.